The third-order valence-electron chi connectivity index (χ3n) is 6.35. The smallest absolute Gasteiger partial charge is 0.305 e. The van der Waals surface area contributed by atoms with Gasteiger partial charge in [0, 0.05) is 6.07 Å². The van der Waals surface area contributed by atoms with E-state index in [0.29, 0.717) is 5.56 Å². The molecule has 1 amide bonds. The summed E-state index contributed by atoms with van der Waals surface area (Å²) in [6, 6.07) is 13.6. The Morgan fingerprint density at radius 2 is 1.75 bits per heavy atom. The third kappa shape index (κ3) is 6.09. The molecule has 0 fully saturated rings. The zero-order valence-electron chi connectivity index (χ0n) is 21.1. The van der Waals surface area contributed by atoms with Gasteiger partial charge in [0.1, 0.15) is 23.7 Å². The Balaban J connectivity index is 1.97. The Hall–Kier alpha value is -3.72. The van der Waals surface area contributed by atoms with E-state index in [-0.39, 0.29) is 30.3 Å². The summed E-state index contributed by atoms with van der Waals surface area (Å²) in [4.78, 5) is 24.7. The average molecular weight is 498 g/mol. The van der Waals surface area contributed by atoms with Gasteiger partial charge in [-0.05, 0) is 42.5 Å². The first-order chi connectivity index (χ1) is 16.8. The first-order valence-electron chi connectivity index (χ1n) is 11.6. The van der Waals surface area contributed by atoms with Gasteiger partial charge in [-0.1, -0.05) is 57.2 Å². The van der Waals surface area contributed by atoms with Crippen molar-refractivity contribution in [2.45, 2.75) is 52.7 Å². The van der Waals surface area contributed by atoms with Gasteiger partial charge in [0.2, 0.25) is 5.88 Å². The molecule has 3 rings (SSSR count). The summed E-state index contributed by atoms with van der Waals surface area (Å²) in [5, 5.41) is 27.2. The van der Waals surface area contributed by atoms with E-state index in [1.807, 2.05) is 39.8 Å². The Bertz CT molecular complexity index is 1250. The number of nitrogens with zero attached hydrogens (tertiary/aromatic N) is 2. The van der Waals surface area contributed by atoms with E-state index in [2.05, 4.69) is 10.4 Å². The van der Waals surface area contributed by atoms with Gasteiger partial charge < -0.3 is 20.3 Å². The average Bonchev–Trinajstić information content (AvgIpc) is 3.21. The fourth-order valence-electron chi connectivity index (χ4n) is 3.43. The number of carboxylic acids is 1. The van der Waals surface area contributed by atoms with Crippen LogP contribution in [0.3, 0.4) is 0 Å². The lowest BCUT2D eigenvalue weighted by atomic mass is 9.78. The zero-order chi connectivity index (χ0) is 26.7. The predicted molar refractivity (Wildman–Crippen MR) is 133 cm³/mol. The summed E-state index contributed by atoms with van der Waals surface area (Å²) < 4.78 is 21.6. The van der Waals surface area contributed by atoms with Crippen molar-refractivity contribution in [3.8, 4) is 11.6 Å². The molecule has 2 aromatic carbocycles. The van der Waals surface area contributed by atoms with Crippen molar-refractivity contribution >= 4 is 11.9 Å². The lowest BCUT2D eigenvalue weighted by molar-refractivity contribution is -0.137. The van der Waals surface area contributed by atoms with Crippen LogP contribution in [-0.4, -0.2) is 44.1 Å². The fourth-order valence-corrected chi connectivity index (χ4v) is 3.43. The molecule has 1 heterocycles. The van der Waals surface area contributed by atoms with Crippen molar-refractivity contribution in [2.24, 2.45) is 5.41 Å². The van der Waals surface area contributed by atoms with Crippen molar-refractivity contribution in [3.63, 3.8) is 0 Å². The lowest BCUT2D eigenvalue weighted by Crippen LogP contribution is -2.45. The maximum absolute atomic E-state index is 14.6. The van der Waals surface area contributed by atoms with Crippen LogP contribution in [0.15, 0.2) is 54.6 Å². The van der Waals surface area contributed by atoms with E-state index >= 15 is 0 Å². The predicted octanol–water partition coefficient (Wildman–Crippen LogP) is 4.44. The molecule has 0 saturated heterocycles. The number of carboxylic acid groups (broad SMARTS) is 1. The number of aromatic nitrogens is 2. The van der Waals surface area contributed by atoms with Crippen molar-refractivity contribution in [2.75, 3.05) is 6.61 Å². The Labute approximate surface area is 209 Å². The molecule has 0 unspecified atom stereocenters. The van der Waals surface area contributed by atoms with Crippen LogP contribution >= 0.6 is 0 Å². The monoisotopic (exact) mass is 497 g/mol. The number of halogens is 1. The molecule has 0 radical (unpaired) electrons. The number of amides is 1. The molecule has 192 valence electrons. The zero-order valence-corrected chi connectivity index (χ0v) is 21.1. The van der Waals surface area contributed by atoms with Gasteiger partial charge >= 0.3 is 5.97 Å². The molecule has 0 saturated carbocycles. The van der Waals surface area contributed by atoms with E-state index in [4.69, 9.17) is 4.74 Å². The molecule has 9 heteroatoms. The lowest BCUT2D eigenvalue weighted by Gasteiger charge is -2.36. The van der Waals surface area contributed by atoms with E-state index < -0.39 is 34.8 Å². The number of aliphatic hydroxyl groups is 1. The highest BCUT2D eigenvalue weighted by atomic mass is 19.1. The highest BCUT2D eigenvalue weighted by Crippen LogP contribution is 2.31. The number of hydrogen-bond donors (Lipinski definition) is 3. The summed E-state index contributed by atoms with van der Waals surface area (Å²) in [6.07, 6.45) is -0.331. The summed E-state index contributed by atoms with van der Waals surface area (Å²) >= 11 is 0. The molecule has 0 aliphatic carbocycles. The van der Waals surface area contributed by atoms with Crippen molar-refractivity contribution in [1.29, 1.82) is 0 Å². The van der Waals surface area contributed by atoms with Gasteiger partial charge in [-0.15, -0.1) is 0 Å². The van der Waals surface area contributed by atoms with E-state index in [1.165, 1.54) is 24.3 Å². The van der Waals surface area contributed by atoms with E-state index in [1.54, 1.807) is 25.1 Å². The van der Waals surface area contributed by atoms with Gasteiger partial charge in [0.15, 0.2) is 5.69 Å². The van der Waals surface area contributed by atoms with Crippen LogP contribution in [0.5, 0.6) is 5.88 Å². The van der Waals surface area contributed by atoms with Crippen molar-refractivity contribution in [1.82, 2.24) is 15.1 Å². The maximum atomic E-state index is 14.6. The van der Waals surface area contributed by atoms with Crippen LogP contribution < -0.4 is 10.1 Å². The molecule has 0 spiro atoms. The van der Waals surface area contributed by atoms with Crippen molar-refractivity contribution in [3.05, 3.63) is 77.2 Å². The number of carbonyl (C=O) groups excluding carboxylic acids is 1. The fraction of sp³-hybridized carbons (Fsp3) is 0.370. The minimum Gasteiger partial charge on any atom is -0.481 e. The highest BCUT2D eigenvalue weighted by Gasteiger charge is 2.36. The van der Waals surface area contributed by atoms with Crippen molar-refractivity contribution < 1.29 is 28.9 Å². The molecule has 36 heavy (non-hydrogen) atoms. The molecular weight excluding hydrogens is 465 g/mol. The number of para-hydroxylation sites is 1. The van der Waals surface area contributed by atoms with Crippen LogP contribution in [0.1, 0.15) is 61.8 Å². The van der Waals surface area contributed by atoms with Gasteiger partial charge in [-0.2, -0.15) is 9.78 Å². The molecule has 3 aromatic rings. The van der Waals surface area contributed by atoms with Crippen LogP contribution in [0.4, 0.5) is 4.39 Å². The number of rotatable bonds is 9. The molecule has 3 N–H and O–H groups in total. The summed E-state index contributed by atoms with van der Waals surface area (Å²) in [5.74, 6) is -2.25. The highest BCUT2D eigenvalue weighted by molar-refractivity contribution is 5.93. The van der Waals surface area contributed by atoms with E-state index in [9.17, 15) is 24.2 Å². The standard InChI is InChI=1S/C27H32FN3O5/c1-17-10-6-7-11-18(17)20(15-24(32)33)29-25(34)21-14-23(36-16-27(5,35)26(2,3)4)31(30-21)22-13-9-8-12-19(22)28/h6-14,20,35H,15-16H2,1-5H3,(H,29,34)(H,32,33)/t20-,27-/m0/s1. The third-order valence-corrected chi connectivity index (χ3v) is 6.35. The number of nitrogens with one attached hydrogen (secondary N) is 1. The topological polar surface area (TPSA) is 114 Å². The first-order valence-corrected chi connectivity index (χ1v) is 11.6. The first kappa shape index (κ1) is 26.9. The molecule has 0 aliphatic rings. The van der Waals surface area contributed by atoms with Crippen LogP contribution in [0.25, 0.3) is 5.69 Å². The number of benzene rings is 2. The summed E-state index contributed by atoms with van der Waals surface area (Å²) in [5.41, 5.74) is -0.297. The van der Waals surface area contributed by atoms with Gasteiger partial charge in [0.05, 0.1) is 12.5 Å². The maximum Gasteiger partial charge on any atom is 0.305 e. The number of aliphatic carboxylic acids is 1. The second-order valence-corrected chi connectivity index (χ2v) is 10.0. The number of ether oxygens (including phenoxy) is 1. The minimum absolute atomic E-state index is 0.0560. The quantitative estimate of drug-likeness (QED) is 0.403. The Morgan fingerprint density at radius 3 is 2.36 bits per heavy atom. The molecular formula is C27H32FN3O5. The molecule has 0 bridgehead atoms. The number of carbonyl (C=O) groups is 2. The summed E-state index contributed by atoms with van der Waals surface area (Å²) in [6.45, 7) is 8.90. The second kappa shape index (κ2) is 10.5. The SMILES string of the molecule is Cc1ccccc1[C@H](CC(=O)O)NC(=O)c1cc(OC[C@](C)(O)C(C)(C)C)n(-c2ccccc2F)n1. The summed E-state index contributed by atoms with van der Waals surface area (Å²) in [7, 11) is 0. The van der Waals surface area contributed by atoms with Crippen LogP contribution in [0.2, 0.25) is 0 Å². The molecule has 1 aromatic heterocycles. The van der Waals surface area contributed by atoms with Gasteiger partial charge in [-0.25, -0.2) is 4.39 Å². The van der Waals surface area contributed by atoms with Gasteiger partial charge in [-0.3, -0.25) is 9.59 Å². The van der Waals surface area contributed by atoms with E-state index in [0.717, 1.165) is 10.2 Å². The number of hydrogen-bond acceptors (Lipinski definition) is 5. The molecule has 8 nitrogen and oxygen atoms in total. The normalized spacial score (nSPS) is 14.1. The van der Waals surface area contributed by atoms with Gasteiger partial charge in [0.25, 0.3) is 5.91 Å². The number of aryl methyl sites for hydroxylation is 1. The molecule has 0 aliphatic heterocycles. The largest absolute Gasteiger partial charge is 0.481 e. The minimum atomic E-state index is -1.24. The Kier molecular flexibility index (Phi) is 7.83. The molecule has 2 atom stereocenters. The second-order valence-electron chi connectivity index (χ2n) is 10.0. The van der Waals surface area contributed by atoms with Crippen LogP contribution in [0, 0.1) is 18.2 Å². The van der Waals surface area contributed by atoms with Crippen LogP contribution in [-0.2, 0) is 4.79 Å². The Morgan fingerprint density at radius 1 is 1.11 bits per heavy atom.